The van der Waals surface area contributed by atoms with Crippen molar-refractivity contribution in [1.29, 1.82) is 5.26 Å². The fourth-order valence-electron chi connectivity index (χ4n) is 4.40. The highest BCUT2D eigenvalue weighted by atomic mass is 16.6. The maximum absolute atomic E-state index is 12.8. The van der Waals surface area contributed by atoms with Crippen molar-refractivity contribution in [2.24, 2.45) is 5.73 Å². The lowest BCUT2D eigenvalue weighted by Gasteiger charge is -2.27. The maximum Gasteiger partial charge on any atom is 0.352 e. The Bertz CT molecular complexity index is 1390. The van der Waals surface area contributed by atoms with Crippen molar-refractivity contribution >= 4 is 5.97 Å². The molecule has 6 nitrogen and oxygen atoms in total. The summed E-state index contributed by atoms with van der Waals surface area (Å²) in [4.78, 5) is 12.8. The van der Waals surface area contributed by atoms with E-state index in [4.69, 9.17) is 19.9 Å². The first-order valence-electron chi connectivity index (χ1n) is 12.8. The quantitative estimate of drug-likeness (QED) is 0.293. The van der Waals surface area contributed by atoms with Crippen LogP contribution >= 0.6 is 0 Å². The molecule has 0 amide bonds. The number of nitrogens with two attached hydrogens (primary N) is 1. The first kappa shape index (κ1) is 26.8. The van der Waals surface area contributed by atoms with Crippen LogP contribution in [0.15, 0.2) is 78.2 Å². The standard InChI is InChI=1S/C32H34N2O4/c1-19(2)21-9-13-24(14-10-21)36-20(3)31(35)37-25-15-16-26-28(17-25)38-30(34)27(18-33)29(26)22-7-11-23(12-8-22)32(4,5)6/h7-17,19-20,29H,34H2,1-6H3. The number of rotatable bonds is 6. The molecule has 0 bridgehead atoms. The summed E-state index contributed by atoms with van der Waals surface area (Å²) in [5.41, 5.74) is 10.6. The van der Waals surface area contributed by atoms with Gasteiger partial charge in [-0.25, -0.2) is 4.79 Å². The van der Waals surface area contributed by atoms with Gasteiger partial charge in [-0.3, -0.25) is 0 Å². The number of nitrogens with zero attached hydrogens (tertiary/aromatic N) is 1. The highest BCUT2D eigenvalue weighted by molar-refractivity contribution is 5.77. The summed E-state index contributed by atoms with van der Waals surface area (Å²) >= 11 is 0. The molecule has 3 aromatic carbocycles. The summed E-state index contributed by atoms with van der Waals surface area (Å²) in [6.07, 6.45) is -0.818. The molecule has 3 aromatic rings. The molecule has 0 radical (unpaired) electrons. The Morgan fingerprint density at radius 1 is 0.974 bits per heavy atom. The van der Waals surface area contributed by atoms with Crippen molar-refractivity contribution in [1.82, 2.24) is 0 Å². The number of carbonyl (C=O) groups is 1. The SMILES string of the molecule is CC(Oc1ccc(C(C)C)cc1)C(=O)Oc1ccc2c(c1)OC(N)=C(C#N)C2c1ccc(C(C)(C)C)cc1. The Morgan fingerprint density at radius 2 is 1.61 bits per heavy atom. The van der Waals surface area contributed by atoms with Crippen molar-refractivity contribution in [2.75, 3.05) is 0 Å². The zero-order valence-corrected chi connectivity index (χ0v) is 22.7. The number of hydrogen-bond donors (Lipinski definition) is 1. The lowest BCUT2D eigenvalue weighted by Crippen LogP contribution is -2.28. The molecule has 1 aliphatic heterocycles. The number of fused-ring (bicyclic) bond motifs is 1. The van der Waals surface area contributed by atoms with Crippen molar-refractivity contribution < 1.29 is 19.0 Å². The van der Waals surface area contributed by atoms with Gasteiger partial charge in [0.1, 0.15) is 28.9 Å². The predicted molar refractivity (Wildman–Crippen MR) is 147 cm³/mol. The van der Waals surface area contributed by atoms with E-state index in [0.717, 1.165) is 11.1 Å². The van der Waals surface area contributed by atoms with Gasteiger partial charge in [-0.15, -0.1) is 0 Å². The van der Waals surface area contributed by atoms with E-state index in [9.17, 15) is 10.1 Å². The smallest absolute Gasteiger partial charge is 0.352 e. The van der Waals surface area contributed by atoms with Crippen LogP contribution in [-0.4, -0.2) is 12.1 Å². The molecule has 0 saturated heterocycles. The number of allylic oxidation sites excluding steroid dienone is 1. The molecular formula is C32H34N2O4. The molecule has 4 rings (SSSR count). The molecular weight excluding hydrogens is 476 g/mol. The number of hydrogen-bond acceptors (Lipinski definition) is 6. The fourth-order valence-corrected chi connectivity index (χ4v) is 4.40. The fraction of sp³-hybridized carbons (Fsp3) is 0.312. The normalized spacial score (nSPS) is 15.8. The Balaban J connectivity index is 1.54. The summed E-state index contributed by atoms with van der Waals surface area (Å²) in [7, 11) is 0. The molecule has 196 valence electrons. The lowest BCUT2D eigenvalue weighted by atomic mass is 9.81. The molecule has 0 fully saturated rings. The average molecular weight is 511 g/mol. The number of ether oxygens (including phenoxy) is 3. The van der Waals surface area contributed by atoms with Crippen molar-refractivity contribution in [3.05, 3.63) is 100 Å². The van der Waals surface area contributed by atoms with Crippen LogP contribution in [0.1, 0.15) is 75.6 Å². The third-order valence-corrected chi connectivity index (χ3v) is 6.71. The summed E-state index contributed by atoms with van der Waals surface area (Å²) in [6.45, 7) is 12.3. The highest BCUT2D eigenvalue weighted by Gasteiger charge is 2.31. The molecule has 6 heteroatoms. The molecule has 0 spiro atoms. The van der Waals surface area contributed by atoms with Crippen LogP contribution in [0.3, 0.4) is 0 Å². The Labute approximate surface area is 224 Å². The third kappa shape index (κ3) is 5.68. The van der Waals surface area contributed by atoms with Crippen LogP contribution in [-0.2, 0) is 10.2 Å². The zero-order chi connectivity index (χ0) is 27.6. The molecule has 2 unspecified atom stereocenters. The van der Waals surface area contributed by atoms with E-state index < -0.39 is 18.0 Å². The van der Waals surface area contributed by atoms with Crippen LogP contribution in [0.25, 0.3) is 0 Å². The van der Waals surface area contributed by atoms with Gasteiger partial charge in [0.2, 0.25) is 5.88 Å². The predicted octanol–water partition coefficient (Wildman–Crippen LogP) is 6.70. The van der Waals surface area contributed by atoms with Gasteiger partial charge in [-0.1, -0.05) is 77.1 Å². The maximum atomic E-state index is 12.8. The van der Waals surface area contributed by atoms with Crippen LogP contribution in [0.2, 0.25) is 0 Å². The number of nitriles is 1. The summed E-state index contributed by atoms with van der Waals surface area (Å²) < 4.78 is 17.2. The second kappa shape index (κ2) is 10.6. The molecule has 0 aliphatic carbocycles. The minimum Gasteiger partial charge on any atom is -0.479 e. The van der Waals surface area contributed by atoms with Crippen LogP contribution < -0.4 is 19.9 Å². The van der Waals surface area contributed by atoms with Crippen LogP contribution in [0, 0.1) is 11.3 Å². The minimum absolute atomic E-state index is 0.0101. The van der Waals surface area contributed by atoms with Gasteiger partial charge in [0.05, 0.1) is 5.92 Å². The summed E-state index contributed by atoms with van der Waals surface area (Å²) in [5, 5.41) is 9.85. The van der Waals surface area contributed by atoms with E-state index >= 15 is 0 Å². The van der Waals surface area contributed by atoms with Crippen molar-refractivity contribution in [2.45, 2.75) is 64.9 Å². The van der Waals surface area contributed by atoms with Gasteiger partial charge in [0, 0.05) is 11.6 Å². The summed E-state index contributed by atoms with van der Waals surface area (Å²) in [6, 6.07) is 23.2. The molecule has 0 saturated carbocycles. The van der Waals surface area contributed by atoms with E-state index in [1.165, 1.54) is 11.1 Å². The van der Waals surface area contributed by atoms with E-state index in [2.05, 4.69) is 52.8 Å². The molecule has 1 aliphatic rings. The monoisotopic (exact) mass is 510 g/mol. The van der Waals surface area contributed by atoms with Crippen molar-refractivity contribution in [3.8, 4) is 23.3 Å². The highest BCUT2D eigenvalue weighted by Crippen LogP contribution is 2.43. The molecule has 2 N–H and O–H groups in total. The van der Waals surface area contributed by atoms with Gasteiger partial charge in [0.15, 0.2) is 6.10 Å². The average Bonchev–Trinajstić information content (AvgIpc) is 2.87. The van der Waals surface area contributed by atoms with E-state index in [1.807, 2.05) is 36.4 Å². The van der Waals surface area contributed by atoms with E-state index in [-0.39, 0.29) is 11.3 Å². The van der Waals surface area contributed by atoms with Gasteiger partial charge in [0.25, 0.3) is 0 Å². The number of carbonyl (C=O) groups excluding carboxylic acids is 1. The van der Waals surface area contributed by atoms with Gasteiger partial charge >= 0.3 is 5.97 Å². The molecule has 38 heavy (non-hydrogen) atoms. The summed E-state index contributed by atoms with van der Waals surface area (Å²) in [5.74, 6) is 0.852. The molecule has 1 heterocycles. The second-order valence-corrected chi connectivity index (χ2v) is 10.9. The van der Waals surface area contributed by atoms with Crippen LogP contribution in [0.4, 0.5) is 0 Å². The topological polar surface area (TPSA) is 94.6 Å². The minimum atomic E-state index is -0.818. The Kier molecular flexibility index (Phi) is 7.50. The number of esters is 1. The Hall–Kier alpha value is -4.24. The van der Waals surface area contributed by atoms with Crippen molar-refractivity contribution in [3.63, 3.8) is 0 Å². The van der Waals surface area contributed by atoms with Gasteiger partial charge in [-0.05, 0) is 53.1 Å². The van der Waals surface area contributed by atoms with Gasteiger partial charge in [-0.2, -0.15) is 5.26 Å². The van der Waals surface area contributed by atoms with E-state index in [1.54, 1.807) is 25.1 Å². The van der Waals surface area contributed by atoms with E-state index in [0.29, 0.717) is 28.7 Å². The lowest BCUT2D eigenvalue weighted by molar-refractivity contribution is -0.141. The first-order chi connectivity index (χ1) is 18.0. The van der Waals surface area contributed by atoms with Gasteiger partial charge < -0.3 is 19.9 Å². The largest absolute Gasteiger partial charge is 0.479 e. The third-order valence-electron chi connectivity index (χ3n) is 6.71. The van der Waals surface area contributed by atoms with Crippen LogP contribution in [0.5, 0.6) is 17.2 Å². The first-order valence-corrected chi connectivity index (χ1v) is 12.8. The zero-order valence-electron chi connectivity index (χ0n) is 22.7. The molecule has 0 aromatic heterocycles. The number of benzene rings is 3. The molecule has 2 atom stereocenters. The Morgan fingerprint density at radius 3 is 2.18 bits per heavy atom. The second-order valence-electron chi connectivity index (χ2n) is 10.9.